The first-order chi connectivity index (χ1) is 8.59. The number of amides is 2. The summed E-state index contributed by atoms with van der Waals surface area (Å²) in [6, 6.07) is 8.91. The fourth-order valence-corrected chi connectivity index (χ4v) is 1.51. The van der Waals surface area contributed by atoms with E-state index in [4.69, 9.17) is 0 Å². The van der Waals surface area contributed by atoms with E-state index in [0.29, 0.717) is 11.6 Å². The zero-order valence-electron chi connectivity index (χ0n) is 11.0. The van der Waals surface area contributed by atoms with Crippen molar-refractivity contribution in [2.45, 2.75) is 13.0 Å². The van der Waals surface area contributed by atoms with Gasteiger partial charge in [-0.3, -0.25) is 5.21 Å². The number of carbonyl (C=O) groups excluding carboxylic acids is 1. The maximum atomic E-state index is 11.5. The van der Waals surface area contributed by atoms with Gasteiger partial charge in [0.2, 0.25) is 0 Å². The summed E-state index contributed by atoms with van der Waals surface area (Å²) in [7, 11) is 3.96. The Morgan fingerprint density at radius 2 is 1.94 bits per heavy atom. The Kier molecular flexibility index (Phi) is 6.18. The van der Waals surface area contributed by atoms with E-state index in [1.165, 1.54) is 0 Å². The van der Waals surface area contributed by atoms with Crippen LogP contribution in [0.15, 0.2) is 30.3 Å². The molecule has 0 radical (unpaired) electrons. The van der Waals surface area contributed by atoms with Gasteiger partial charge in [-0.2, -0.15) is 0 Å². The SMILES string of the molecule is CN(C)CCCNC(=O)N(O)Cc1ccccc1. The average Bonchev–Trinajstić information content (AvgIpc) is 2.35. The second-order valence-electron chi connectivity index (χ2n) is 4.43. The zero-order chi connectivity index (χ0) is 13.4. The number of nitrogens with zero attached hydrogens (tertiary/aromatic N) is 2. The van der Waals surface area contributed by atoms with Gasteiger partial charge in [0.05, 0.1) is 6.54 Å². The topological polar surface area (TPSA) is 55.8 Å². The molecule has 5 heteroatoms. The molecule has 1 rings (SSSR count). The standard InChI is InChI=1S/C13H21N3O2/c1-15(2)10-6-9-14-13(17)16(18)11-12-7-4-3-5-8-12/h3-5,7-8,18H,6,9-11H2,1-2H3,(H,14,17). The van der Waals surface area contributed by atoms with E-state index in [1.54, 1.807) is 0 Å². The molecule has 0 aromatic heterocycles. The van der Waals surface area contributed by atoms with E-state index in [1.807, 2.05) is 49.3 Å². The first kappa shape index (κ1) is 14.5. The van der Waals surface area contributed by atoms with Crippen LogP contribution in [0.5, 0.6) is 0 Å². The van der Waals surface area contributed by atoms with Crippen LogP contribution in [0, 0.1) is 0 Å². The molecule has 0 fully saturated rings. The summed E-state index contributed by atoms with van der Waals surface area (Å²) >= 11 is 0. The summed E-state index contributed by atoms with van der Waals surface area (Å²) in [5.74, 6) is 0. The quantitative estimate of drug-likeness (QED) is 0.458. The fraction of sp³-hybridized carbons (Fsp3) is 0.462. The second kappa shape index (κ2) is 7.68. The van der Waals surface area contributed by atoms with Crippen molar-refractivity contribution in [2.75, 3.05) is 27.2 Å². The molecule has 18 heavy (non-hydrogen) atoms. The Morgan fingerprint density at radius 1 is 1.28 bits per heavy atom. The molecule has 1 aromatic rings. The molecule has 0 saturated carbocycles. The number of nitrogens with one attached hydrogen (secondary N) is 1. The smallest absolute Gasteiger partial charge is 0.336 e. The van der Waals surface area contributed by atoms with Crippen molar-refractivity contribution in [1.82, 2.24) is 15.3 Å². The van der Waals surface area contributed by atoms with Crippen LogP contribution in [0.1, 0.15) is 12.0 Å². The van der Waals surface area contributed by atoms with Gasteiger partial charge in [-0.1, -0.05) is 30.3 Å². The maximum absolute atomic E-state index is 11.5. The average molecular weight is 251 g/mol. The van der Waals surface area contributed by atoms with Gasteiger partial charge in [0, 0.05) is 6.54 Å². The Balaban J connectivity index is 2.25. The van der Waals surface area contributed by atoms with Crippen LogP contribution in [0.25, 0.3) is 0 Å². The highest BCUT2D eigenvalue weighted by molar-refractivity contribution is 5.72. The van der Waals surface area contributed by atoms with Crippen molar-refractivity contribution in [3.63, 3.8) is 0 Å². The molecule has 1 aromatic carbocycles. The number of hydroxylamine groups is 2. The third-order valence-electron chi connectivity index (χ3n) is 2.47. The lowest BCUT2D eigenvalue weighted by molar-refractivity contribution is -0.0507. The monoisotopic (exact) mass is 251 g/mol. The molecule has 0 bridgehead atoms. The highest BCUT2D eigenvalue weighted by Gasteiger charge is 2.09. The summed E-state index contributed by atoms with van der Waals surface area (Å²) < 4.78 is 0. The van der Waals surface area contributed by atoms with E-state index in [9.17, 15) is 10.0 Å². The summed E-state index contributed by atoms with van der Waals surface area (Å²) in [6.07, 6.45) is 0.859. The van der Waals surface area contributed by atoms with Crippen LogP contribution in [0.2, 0.25) is 0 Å². The third-order valence-corrected chi connectivity index (χ3v) is 2.47. The number of urea groups is 1. The predicted molar refractivity (Wildman–Crippen MR) is 70.3 cm³/mol. The number of rotatable bonds is 6. The molecule has 0 unspecified atom stereocenters. The van der Waals surface area contributed by atoms with Crippen molar-refractivity contribution in [3.05, 3.63) is 35.9 Å². The number of hydrogen-bond donors (Lipinski definition) is 2. The minimum atomic E-state index is -0.461. The Bertz CT molecular complexity index is 355. The molecule has 0 saturated heterocycles. The van der Waals surface area contributed by atoms with Crippen molar-refractivity contribution < 1.29 is 10.0 Å². The van der Waals surface area contributed by atoms with Crippen LogP contribution in [-0.4, -0.2) is 48.4 Å². The normalized spacial score (nSPS) is 10.4. The van der Waals surface area contributed by atoms with Crippen LogP contribution in [0.3, 0.4) is 0 Å². The number of hydrogen-bond acceptors (Lipinski definition) is 3. The Hall–Kier alpha value is -1.59. The summed E-state index contributed by atoms with van der Waals surface area (Å²) in [4.78, 5) is 13.6. The Labute approximate surface area is 108 Å². The lowest BCUT2D eigenvalue weighted by Crippen LogP contribution is -2.38. The molecule has 0 aliphatic rings. The molecule has 0 aliphatic carbocycles. The Morgan fingerprint density at radius 3 is 2.56 bits per heavy atom. The zero-order valence-corrected chi connectivity index (χ0v) is 11.0. The highest BCUT2D eigenvalue weighted by Crippen LogP contribution is 2.02. The van der Waals surface area contributed by atoms with Crippen LogP contribution < -0.4 is 5.32 Å². The number of benzene rings is 1. The van der Waals surface area contributed by atoms with Gasteiger partial charge in [-0.25, -0.2) is 9.86 Å². The predicted octanol–water partition coefficient (Wildman–Crippen LogP) is 1.54. The largest absolute Gasteiger partial charge is 0.341 e. The molecule has 2 N–H and O–H groups in total. The van der Waals surface area contributed by atoms with Gasteiger partial charge < -0.3 is 10.2 Å². The first-order valence-corrected chi connectivity index (χ1v) is 6.02. The van der Waals surface area contributed by atoms with Gasteiger partial charge in [-0.15, -0.1) is 0 Å². The summed E-state index contributed by atoms with van der Waals surface area (Å²) in [6.45, 7) is 1.66. The molecule has 0 aliphatic heterocycles. The van der Waals surface area contributed by atoms with Crippen LogP contribution >= 0.6 is 0 Å². The fourth-order valence-electron chi connectivity index (χ4n) is 1.51. The van der Waals surface area contributed by atoms with Gasteiger partial charge in [0.1, 0.15) is 0 Å². The summed E-state index contributed by atoms with van der Waals surface area (Å²) in [5.41, 5.74) is 0.892. The van der Waals surface area contributed by atoms with Gasteiger partial charge >= 0.3 is 6.03 Å². The van der Waals surface area contributed by atoms with Crippen molar-refractivity contribution >= 4 is 6.03 Å². The molecular formula is C13H21N3O2. The molecule has 100 valence electrons. The minimum absolute atomic E-state index is 0.195. The van der Waals surface area contributed by atoms with E-state index in [2.05, 4.69) is 5.32 Å². The van der Waals surface area contributed by atoms with E-state index in [-0.39, 0.29) is 6.54 Å². The van der Waals surface area contributed by atoms with Crippen LogP contribution in [0.4, 0.5) is 4.79 Å². The molecule has 2 amide bonds. The third kappa shape index (κ3) is 5.65. The van der Waals surface area contributed by atoms with Crippen molar-refractivity contribution in [1.29, 1.82) is 0 Å². The van der Waals surface area contributed by atoms with Crippen molar-refractivity contribution in [3.8, 4) is 0 Å². The van der Waals surface area contributed by atoms with E-state index >= 15 is 0 Å². The highest BCUT2D eigenvalue weighted by atomic mass is 16.5. The summed E-state index contributed by atoms with van der Waals surface area (Å²) in [5, 5.41) is 13.0. The van der Waals surface area contributed by atoms with Gasteiger partial charge in [0.25, 0.3) is 0 Å². The number of carbonyl (C=O) groups is 1. The first-order valence-electron chi connectivity index (χ1n) is 6.02. The van der Waals surface area contributed by atoms with Crippen LogP contribution in [-0.2, 0) is 6.54 Å². The lowest BCUT2D eigenvalue weighted by Gasteiger charge is -2.16. The molecular weight excluding hydrogens is 230 g/mol. The lowest BCUT2D eigenvalue weighted by atomic mass is 10.2. The van der Waals surface area contributed by atoms with E-state index in [0.717, 1.165) is 18.5 Å². The maximum Gasteiger partial charge on any atom is 0.341 e. The van der Waals surface area contributed by atoms with Gasteiger partial charge in [0.15, 0.2) is 0 Å². The molecule has 0 heterocycles. The minimum Gasteiger partial charge on any atom is -0.336 e. The molecule has 0 spiro atoms. The van der Waals surface area contributed by atoms with Crippen molar-refractivity contribution in [2.24, 2.45) is 0 Å². The van der Waals surface area contributed by atoms with E-state index < -0.39 is 6.03 Å². The second-order valence-corrected chi connectivity index (χ2v) is 4.43. The molecule has 5 nitrogen and oxygen atoms in total. The molecule has 0 atom stereocenters. The van der Waals surface area contributed by atoms with Gasteiger partial charge in [-0.05, 0) is 32.6 Å².